The summed E-state index contributed by atoms with van der Waals surface area (Å²) in [6.07, 6.45) is 3.78. The Morgan fingerprint density at radius 1 is 0.182 bits per heavy atom. The minimum Gasteiger partial charge on any atom is -0.254 e. The number of aromatic nitrogens is 7. The topological polar surface area (TPSA) is 90.2 Å². The van der Waals surface area contributed by atoms with E-state index in [9.17, 15) is 0 Å². The Balaban J connectivity index is 0.899. The maximum Gasteiger partial charge on any atom is 0.160 e. The molecule has 0 saturated carbocycles. The van der Waals surface area contributed by atoms with Crippen molar-refractivity contribution in [1.82, 2.24) is 34.9 Å². The summed E-state index contributed by atoms with van der Waals surface area (Å²) < 4.78 is 0. The summed E-state index contributed by atoms with van der Waals surface area (Å²) in [6, 6.07) is 75.8. The van der Waals surface area contributed by atoms with Gasteiger partial charge >= 0.3 is 0 Å². The fourth-order valence-electron chi connectivity index (χ4n) is 7.97. The Labute approximate surface area is 383 Å². The van der Waals surface area contributed by atoms with Crippen LogP contribution in [0.4, 0.5) is 0 Å². The first kappa shape index (κ1) is 39.8. The van der Waals surface area contributed by atoms with Crippen LogP contribution in [-0.2, 0) is 0 Å². The van der Waals surface area contributed by atoms with Crippen molar-refractivity contribution >= 4 is 0 Å². The van der Waals surface area contributed by atoms with E-state index in [2.05, 4.69) is 91.0 Å². The highest BCUT2D eigenvalue weighted by atomic mass is 14.9. The molecule has 0 spiro atoms. The molecule has 6 aromatic carbocycles. The maximum absolute atomic E-state index is 5.15. The highest BCUT2D eigenvalue weighted by Crippen LogP contribution is 2.33. The van der Waals surface area contributed by atoms with Gasteiger partial charge in [0.15, 0.2) is 11.6 Å². The number of hydrogen-bond donors (Lipinski definition) is 0. The molecule has 0 saturated heterocycles. The van der Waals surface area contributed by atoms with Crippen LogP contribution < -0.4 is 0 Å². The van der Waals surface area contributed by atoms with Crippen LogP contribution in [0.2, 0.25) is 0 Å². The third kappa shape index (κ3) is 8.52. The number of rotatable bonds is 10. The average Bonchev–Trinajstić information content (AvgIpc) is 3.42. The van der Waals surface area contributed by atoms with Crippen molar-refractivity contribution in [2.24, 2.45) is 0 Å². The molecule has 0 amide bonds. The van der Waals surface area contributed by atoms with Crippen molar-refractivity contribution in [2.75, 3.05) is 0 Å². The van der Waals surface area contributed by atoms with Crippen LogP contribution in [0.5, 0.6) is 0 Å². The highest BCUT2D eigenvalue weighted by molar-refractivity contribution is 5.78. The predicted molar refractivity (Wildman–Crippen MR) is 265 cm³/mol. The fourth-order valence-corrected chi connectivity index (χ4v) is 7.97. The molecule has 310 valence electrons. The first-order chi connectivity index (χ1) is 32.7. The first-order valence-corrected chi connectivity index (χ1v) is 21.8. The largest absolute Gasteiger partial charge is 0.254 e. The molecule has 66 heavy (non-hydrogen) atoms. The Bertz CT molecular complexity index is 3290. The highest BCUT2D eigenvalue weighted by Gasteiger charge is 2.15. The molecule has 0 fully saturated rings. The van der Waals surface area contributed by atoms with Gasteiger partial charge in [-0.2, -0.15) is 0 Å². The molecule has 5 heterocycles. The summed E-state index contributed by atoms with van der Waals surface area (Å²) in [7, 11) is 0. The zero-order chi connectivity index (χ0) is 44.1. The molecule has 0 unspecified atom stereocenters. The predicted octanol–water partition coefficient (Wildman–Crippen LogP) is 14.1. The Morgan fingerprint density at radius 2 is 0.500 bits per heavy atom. The molecule has 0 radical (unpaired) electrons. The zero-order valence-corrected chi connectivity index (χ0v) is 35.6. The second-order valence-electron chi connectivity index (χ2n) is 15.8. The third-order valence-corrected chi connectivity index (χ3v) is 11.4. The van der Waals surface area contributed by atoms with Crippen molar-refractivity contribution in [3.63, 3.8) is 0 Å². The number of pyridine rings is 3. The van der Waals surface area contributed by atoms with E-state index in [1.54, 1.807) is 0 Å². The minimum atomic E-state index is 0.658. The monoisotopic (exact) mass is 845 g/mol. The second-order valence-corrected chi connectivity index (χ2v) is 15.8. The van der Waals surface area contributed by atoms with E-state index in [0.29, 0.717) is 11.6 Å². The molecular weight excluding hydrogens is 807 g/mol. The van der Waals surface area contributed by atoms with Gasteiger partial charge in [0.25, 0.3) is 0 Å². The van der Waals surface area contributed by atoms with Crippen molar-refractivity contribution in [3.05, 3.63) is 237 Å². The van der Waals surface area contributed by atoms with Crippen molar-refractivity contribution in [3.8, 4) is 113 Å². The van der Waals surface area contributed by atoms with Crippen LogP contribution in [0.15, 0.2) is 237 Å². The third-order valence-electron chi connectivity index (χ3n) is 11.4. The van der Waals surface area contributed by atoms with E-state index >= 15 is 0 Å². The van der Waals surface area contributed by atoms with Crippen LogP contribution in [-0.4, -0.2) is 34.9 Å². The van der Waals surface area contributed by atoms with E-state index < -0.39 is 0 Å². The van der Waals surface area contributed by atoms with Crippen LogP contribution in [0, 0.1) is 0 Å². The smallest absolute Gasteiger partial charge is 0.160 e. The SMILES string of the molecule is c1ccc(-c2cc(-c3ccc(-c4ccc(-c5cc(-c6ccccc6)nc(-c6ccccc6)n5)cc4)cn3)nc(-c3ccc(-c4cc(-c5ccccc5)nc(-c5ccccc5)n4)cn3)c2)cc1. The quantitative estimate of drug-likeness (QED) is 0.135. The van der Waals surface area contributed by atoms with E-state index in [1.165, 1.54) is 0 Å². The summed E-state index contributed by atoms with van der Waals surface area (Å²) >= 11 is 0. The molecule has 7 heteroatoms. The van der Waals surface area contributed by atoms with Gasteiger partial charge in [-0.25, -0.2) is 24.9 Å². The van der Waals surface area contributed by atoms with Gasteiger partial charge in [-0.1, -0.05) is 182 Å². The van der Waals surface area contributed by atoms with E-state index in [0.717, 1.165) is 101 Å². The summed E-state index contributed by atoms with van der Waals surface area (Å²) in [6.45, 7) is 0. The fraction of sp³-hybridized carbons (Fsp3) is 0. The molecule has 0 atom stereocenters. The molecule has 0 bridgehead atoms. The van der Waals surface area contributed by atoms with Gasteiger partial charge in [-0.3, -0.25) is 9.97 Å². The molecule has 7 nitrogen and oxygen atoms in total. The molecule has 0 aliphatic rings. The number of benzene rings is 6. The lowest BCUT2D eigenvalue weighted by molar-refractivity contribution is 1.17. The lowest BCUT2D eigenvalue weighted by Gasteiger charge is -2.12. The van der Waals surface area contributed by atoms with Crippen LogP contribution in [0.25, 0.3) is 113 Å². The van der Waals surface area contributed by atoms with Crippen LogP contribution >= 0.6 is 0 Å². The lowest BCUT2D eigenvalue weighted by Crippen LogP contribution is -1.97. The minimum absolute atomic E-state index is 0.658. The summed E-state index contributed by atoms with van der Waals surface area (Å²) in [4.78, 5) is 35.0. The average molecular weight is 846 g/mol. The molecule has 5 aromatic heterocycles. The normalized spacial score (nSPS) is 11.0. The number of hydrogen-bond acceptors (Lipinski definition) is 7. The Hall–Kier alpha value is -9.07. The zero-order valence-electron chi connectivity index (χ0n) is 35.6. The standard InChI is InChI=1S/C59H39N7/c1-6-16-40(17-7-1)49-34-56(62-57(35-49)51-33-31-48(39-61-51)55-37-53(43-20-10-3-11-21-43)64-59(66-55)46-24-14-5-15-25-46)50-32-30-47(38-60-50)41-26-28-44(29-27-41)54-36-52(42-18-8-2-9-19-42)63-58(65-54)45-22-12-4-13-23-45/h1-39H. The molecule has 0 N–H and O–H groups in total. The van der Waals surface area contributed by atoms with Gasteiger partial charge in [0.1, 0.15) is 0 Å². The summed E-state index contributed by atoms with van der Waals surface area (Å²) in [5.41, 5.74) is 16.4. The summed E-state index contributed by atoms with van der Waals surface area (Å²) in [5, 5.41) is 0. The molecule has 11 rings (SSSR count). The lowest BCUT2D eigenvalue weighted by atomic mass is 10.0. The van der Waals surface area contributed by atoms with E-state index in [4.69, 9.17) is 34.9 Å². The van der Waals surface area contributed by atoms with Gasteiger partial charge in [-0.05, 0) is 59.2 Å². The first-order valence-electron chi connectivity index (χ1n) is 21.8. The molecule has 0 aliphatic carbocycles. The maximum atomic E-state index is 5.15. The van der Waals surface area contributed by atoms with Crippen LogP contribution in [0.3, 0.4) is 0 Å². The van der Waals surface area contributed by atoms with Gasteiger partial charge in [0.2, 0.25) is 0 Å². The van der Waals surface area contributed by atoms with Gasteiger partial charge in [-0.15, -0.1) is 0 Å². The van der Waals surface area contributed by atoms with Crippen LogP contribution in [0.1, 0.15) is 0 Å². The van der Waals surface area contributed by atoms with Gasteiger partial charge < -0.3 is 0 Å². The molecule has 0 aliphatic heterocycles. The number of nitrogens with zero attached hydrogens (tertiary/aromatic N) is 7. The van der Waals surface area contributed by atoms with E-state index in [-0.39, 0.29) is 0 Å². The van der Waals surface area contributed by atoms with Gasteiger partial charge in [0.05, 0.1) is 45.6 Å². The molecule has 11 aromatic rings. The van der Waals surface area contributed by atoms with Gasteiger partial charge in [0, 0.05) is 51.3 Å². The molecular formula is C59H39N7. The second kappa shape index (κ2) is 18.0. The Kier molecular flexibility index (Phi) is 10.8. The van der Waals surface area contributed by atoms with Crippen molar-refractivity contribution < 1.29 is 0 Å². The van der Waals surface area contributed by atoms with Crippen molar-refractivity contribution in [2.45, 2.75) is 0 Å². The summed E-state index contributed by atoms with van der Waals surface area (Å²) in [5.74, 6) is 1.35. The Morgan fingerprint density at radius 3 is 0.909 bits per heavy atom. The van der Waals surface area contributed by atoms with Crippen molar-refractivity contribution in [1.29, 1.82) is 0 Å². The van der Waals surface area contributed by atoms with E-state index in [1.807, 2.05) is 146 Å².